The van der Waals surface area contributed by atoms with Crippen LogP contribution in [0.25, 0.3) is 0 Å². The zero-order chi connectivity index (χ0) is 15.1. The Morgan fingerprint density at radius 3 is 2.81 bits per heavy atom. The minimum absolute atomic E-state index is 0.0120. The third-order valence-corrected chi connectivity index (χ3v) is 2.72. The van der Waals surface area contributed by atoms with Gasteiger partial charge >= 0.3 is 0 Å². The standard InChI is InChI=1S/C16H15N3O2/c1-12-6-4-10-18-15(12)19-16(21)14-13(7-2-3-11-20)8-5-9-17-14/h4-6,8-10,20H,3,11H2,1H3,(H,18,19,21). The lowest BCUT2D eigenvalue weighted by atomic mass is 10.1. The van der Waals surface area contributed by atoms with Gasteiger partial charge in [0.15, 0.2) is 0 Å². The van der Waals surface area contributed by atoms with E-state index in [0.717, 1.165) is 5.56 Å². The molecule has 0 aromatic carbocycles. The average Bonchev–Trinajstić information content (AvgIpc) is 2.50. The summed E-state index contributed by atoms with van der Waals surface area (Å²) in [5.41, 5.74) is 1.64. The monoisotopic (exact) mass is 281 g/mol. The number of amides is 1. The summed E-state index contributed by atoms with van der Waals surface area (Å²) >= 11 is 0. The molecule has 2 aromatic rings. The van der Waals surface area contributed by atoms with E-state index in [9.17, 15) is 4.79 Å². The van der Waals surface area contributed by atoms with Crippen molar-refractivity contribution in [3.05, 3.63) is 53.5 Å². The molecule has 0 aliphatic carbocycles. The van der Waals surface area contributed by atoms with Crippen LogP contribution in [0.15, 0.2) is 36.7 Å². The summed E-state index contributed by atoms with van der Waals surface area (Å²) in [5.74, 6) is 5.77. The van der Waals surface area contributed by atoms with E-state index in [2.05, 4.69) is 27.1 Å². The van der Waals surface area contributed by atoms with Crippen LogP contribution in [0.1, 0.15) is 28.0 Å². The lowest BCUT2D eigenvalue weighted by Gasteiger charge is -2.07. The number of pyridine rings is 2. The van der Waals surface area contributed by atoms with Crippen molar-refractivity contribution in [3.8, 4) is 11.8 Å². The zero-order valence-corrected chi connectivity index (χ0v) is 11.6. The summed E-state index contributed by atoms with van der Waals surface area (Å²) in [7, 11) is 0. The van der Waals surface area contributed by atoms with E-state index < -0.39 is 0 Å². The van der Waals surface area contributed by atoms with Crippen LogP contribution in [-0.2, 0) is 0 Å². The molecule has 0 unspecified atom stereocenters. The molecule has 21 heavy (non-hydrogen) atoms. The highest BCUT2D eigenvalue weighted by molar-refractivity contribution is 6.04. The first kappa shape index (κ1) is 14.7. The Balaban J connectivity index is 2.24. The highest BCUT2D eigenvalue weighted by Gasteiger charge is 2.13. The van der Waals surface area contributed by atoms with Crippen LogP contribution in [0.2, 0.25) is 0 Å². The van der Waals surface area contributed by atoms with Crippen molar-refractivity contribution in [2.24, 2.45) is 0 Å². The third kappa shape index (κ3) is 3.88. The van der Waals surface area contributed by atoms with Gasteiger partial charge in [0.05, 0.1) is 12.2 Å². The minimum atomic E-state index is -0.356. The lowest BCUT2D eigenvalue weighted by molar-refractivity contribution is 0.102. The molecule has 0 aliphatic heterocycles. The molecular weight excluding hydrogens is 266 g/mol. The highest BCUT2D eigenvalue weighted by atomic mass is 16.2. The number of rotatable bonds is 3. The Kier molecular flexibility index (Phi) is 5.02. The first-order valence-electron chi connectivity index (χ1n) is 6.50. The number of hydrogen-bond acceptors (Lipinski definition) is 4. The van der Waals surface area contributed by atoms with E-state index in [1.165, 1.54) is 6.20 Å². The molecule has 0 spiro atoms. The Hall–Kier alpha value is -2.71. The Labute approximate surface area is 123 Å². The number of nitrogens with one attached hydrogen (secondary N) is 1. The summed E-state index contributed by atoms with van der Waals surface area (Å²) in [6, 6.07) is 7.10. The SMILES string of the molecule is Cc1cccnc1NC(=O)c1ncccc1C#CCCO. The van der Waals surface area contributed by atoms with E-state index in [1.807, 2.05) is 13.0 Å². The number of carbonyl (C=O) groups is 1. The molecule has 1 amide bonds. The number of nitrogens with zero attached hydrogens (tertiary/aromatic N) is 2. The van der Waals surface area contributed by atoms with E-state index in [1.54, 1.807) is 24.4 Å². The second kappa shape index (κ2) is 7.17. The molecule has 2 aromatic heterocycles. The van der Waals surface area contributed by atoms with Crippen LogP contribution in [0.3, 0.4) is 0 Å². The molecular formula is C16H15N3O2. The fourth-order valence-corrected chi connectivity index (χ4v) is 1.68. The van der Waals surface area contributed by atoms with Crippen molar-refractivity contribution in [1.82, 2.24) is 9.97 Å². The van der Waals surface area contributed by atoms with Crippen LogP contribution in [0.4, 0.5) is 5.82 Å². The topological polar surface area (TPSA) is 75.1 Å². The maximum atomic E-state index is 12.3. The van der Waals surface area contributed by atoms with Crippen molar-refractivity contribution in [3.63, 3.8) is 0 Å². The van der Waals surface area contributed by atoms with Crippen LogP contribution < -0.4 is 5.32 Å². The molecule has 0 atom stereocenters. The van der Waals surface area contributed by atoms with E-state index >= 15 is 0 Å². The second-order valence-corrected chi connectivity index (χ2v) is 4.30. The van der Waals surface area contributed by atoms with Crippen LogP contribution in [0, 0.1) is 18.8 Å². The first-order chi connectivity index (χ1) is 10.2. The van der Waals surface area contributed by atoms with Gasteiger partial charge in [0.1, 0.15) is 11.5 Å². The van der Waals surface area contributed by atoms with Gasteiger partial charge in [-0.05, 0) is 30.7 Å². The molecule has 0 bridgehead atoms. The molecule has 2 heterocycles. The normalized spacial score (nSPS) is 9.62. The highest BCUT2D eigenvalue weighted by Crippen LogP contribution is 2.12. The molecule has 0 saturated heterocycles. The van der Waals surface area contributed by atoms with Crippen molar-refractivity contribution in [2.75, 3.05) is 11.9 Å². The molecule has 0 aliphatic rings. The van der Waals surface area contributed by atoms with Gasteiger partial charge < -0.3 is 10.4 Å². The zero-order valence-electron chi connectivity index (χ0n) is 11.6. The van der Waals surface area contributed by atoms with E-state index in [0.29, 0.717) is 17.8 Å². The number of anilines is 1. The molecule has 0 saturated carbocycles. The fraction of sp³-hybridized carbons (Fsp3) is 0.188. The summed E-state index contributed by atoms with van der Waals surface area (Å²) in [6.45, 7) is 1.85. The maximum Gasteiger partial charge on any atom is 0.276 e. The van der Waals surface area contributed by atoms with Gasteiger partial charge in [-0.25, -0.2) is 9.97 Å². The summed E-state index contributed by atoms with van der Waals surface area (Å²) in [4.78, 5) is 20.5. The minimum Gasteiger partial charge on any atom is -0.395 e. The summed E-state index contributed by atoms with van der Waals surface area (Å²) in [6.07, 6.45) is 3.51. The average molecular weight is 281 g/mol. The van der Waals surface area contributed by atoms with Crippen molar-refractivity contribution < 1.29 is 9.90 Å². The molecule has 2 N–H and O–H groups in total. The number of aromatic nitrogens is 2. The van der Waals surface area contributed by atoms with Crippen LogP contribution in [-0.4, -0.2) is 27.6 Å². The van der Waals surface area contributed by atoms with Gasteiger partial charge in [-0.2, -0.15) is 0 Å². The number of carbonyl (C=O) groups excluding carboxylic acids is 1. The van der Waals surface area contributed by atoms with Crippen LogP contribution in [0.5, 0.6) is 0 Å². The van der Waals surface area contributed by atoms with Gasteiger partial charge in [-0.15, -0.1) is 0 Å². The number of hydrogen-bond donors (Lipinski definition) is 2. The molecule has 0 radical (unpaired) electrons. The maximum absolute atomic E-state index is 12.3. The third-order valence-electron chi connectivity index (χ3n) is 2.72. The first-order valence-corrected chi connectivity index (χ1v) is 6.50. The van der Waals surface area contributed by atoms with Crippen molar-refractivity contribution in [1.29, 1.82) is 0 Å². The Morgan fingerprint density at radius 2 is 2.05 bits per heavy atom. The smallest absolute Gasteiger partial charge is 0.276 e. The Morgan fingerprint density at radius 1 is 1.29 bits per heavy atom. The van der Waals surface area contributed by atoms with Gasteiger partial charge in [0.25, 0.3) is 5.91 Å². The molecule has 5 heteroatoms. The van der Waals surface area contributed by atoms with Crippen molar-refractivity contribution >= 4 is 11.7 Å². The molecule has 106 valence electrons. The Bertz CT molecular complexity index is 702. The van der Waals surface area contributed by atoms with Gasteiger partial charge in [0.2, 0.25) is 0 Å². The lowest BCUT2D eigenvalue weighted by Crippen LogP contribution is -2.16. The molecule has 5 nitrogen and oxygen atoms in total. The van der Waals surface area contributed by atoms with Gasteiger partial charge in [-0.3, -0.25) is 4.79 Å². The molecule has 0 fully saturated rings. The van der Waals surface area contributed by atoms with Gasteiger partial charge in [0, 0.05) is 18.8 Å². The number of aliphatic hydroxyl groups is 1. The second-order valence-electron chi connectivity index (χ2n) is 4.30. The van der Waals surface area contributed by atoms with E-state index in [4.69, 9.17) is 5.11 Å². The molecule has 2 rings (SSSR count). The fourth-order valence-electron chi connectivity index (χ4n) is 1.68. The van der Waals surface area contributed by atoms with Crippen molar-refractivity contribution in [2.45, 2.75) is 13.3 Å². The van der Waals surface area contributed by atoms with Gasteiger partial charge in [-0.1, -0.05) is 17.9 Å². The quantitative estimate of drug-likeness (QED) is 0.841. The van der Waals surface area contributed by atoms with Crippen LogP contribution >= 0.6 is 0 Å². The summed E-state index contributed by atoms with van der Waals surface area (Å²) in [5, 5.41) is 11.5. The van der Waals surface area contributed by atoms with E-state index in [-0.39, 0.29) is 18.2 Å². The largest absolute Gasteiger partial charge is 0.395 e. The number of aliphatic hydroxyl groups excluding tert-OH is 1. The number of aryl methyl sites for hydroxylation is 1. The predicted octanol–water partition coefficient (Wildman–Crippen LogP) is 1.77. The summed E-state index contributed by atoms with van der Waals surface area (Å²) < 4.78 is 0. The predicted molar refractivity (Wildman–Crippen MR) is 79.7 cm³/mol.